The van der Waals surface area contributed by atoms with Crippen LogP contribution in [0.4, 0.5) is 5.69 Å². The van der Waals surface area contributed by atoms with E-state index in [2.05, 4.69) is 15.8 Å². The predicted molar refractivity (Wildman–Crippen MR) is 95.7 cm³/mol. The van der Waals surface area contributed by atoms with Crippen molar-refractivity contribution < 1.29 is 4.74 Å². The molecule has 0 atom stereocenters. The summed E-state index contributed by atoms with van der Waals surface area (Å²) in [6, 6.07) is 15.7. The summed E-state index contributed by atoms with van der Waals surface area (Å²) in [5.74, 6) is 0.851. The van der Waals surface area contributed by atoms with Crippen molar-refractivity contribution in [1.82, 2.24) is 5.43 Å². The number of nitrogens with zero attached hydrogens (tertiary/aromatic N) is 1. The second kappa shape index (κ2) is 8.14. The first kappa shape index (κ1) is 16.0. The summed E-state index contributed by atoms with van der Waals surface area (Å²) in [6.07, 6.45) is 1.71. The first-order valence-electron chi connectivity index (χ1n) is 7.07. The molecule has 22 heavy (non-hydrogen) atoms. The Bertz CT molecular complexity index is 653. The molecule has 0 heterocycles. The van der Waals surface area contributed by atoms with E-state index in [1.165, 1.54) is 5.56 Å². The van der Waals surface area contributed by atoms with Crippen LogP contribution >= 0.6 is 12.2 Å². The summed E-state index contributed by atoms with van der Waals surface area (Å²) < 4.78 is 5.39. The highest BCUT2D eigenvalue weighted by Gasteiger charge is 1.96. The van der Waals surface area contributed by atoms with Gasteiger partial charge in [-0.25, -0.2) is 0 Å². The summed E-state index contributed by atoms with van der Waals surface area (Å²) >= 11 is 5.19. The average molecular weight is 313 g/mol. The number of nitrogens with one attached hydrogen (secondary N) is 2. The number of hydrazone groups is 1. The average Bonchev–Trinajstić information content (AvgIpc) is 2.49. The molecule has 0 aliphatic heterocycles. The van der Waals surface area contributed by atoms with Gasteiger partial charge in [0.25, 0.3) is 0 Å². The molecule has 0 aliphatic rings. The van der Waals surface area contributed by atoms with Crippen LogP contribution in [0.1, 0.15) is 18.1 Å². The first-order chi connectivity index (χ1) is 10.7. The molecule has 0 fully saturated rings. The molecule has 0 saturated carbocycles. The highest BCUT2D eigenvalue weighted by Crippen LogP contribution is 2.11. The lowest BCUT2D eigenvalue weighted by atomic mass is 10.2. The zero-order valence-corrected chi connectivity index (χ0v) is 13.5. The molecule has 0 bridgehead atoms. The fraction of sp³-hybridized carbons (Fsp3) is 0.176. The molecule has 0 spiro atoms. The van der Waals surface area contributed by atoms with Gasteiger partial charge in [-0.1, -0.05) is 12.1 Å². The van der Waals surface area contributed by atoms with Crippen LogP contribution in [0, 0.1) is 6.92 Å². The number of hydrogen-bond acceptors (Lipinski definition) is 3. The summed E-state index contributed by atoms with van der Waals surface area (Å²) in [7, 11) is 0. The van der Waals surface area contributed by atoms with Crippen LogP contribution in [0.2, 0.25) is 0 Å². The maximum atomic E-state index is 5.39. The van der Waals surface area contributed by atoms with Crippen LogP contribution in [0.25, 0.3) is 0 Å². The monoisotopic (exact) mass is 313 g/mol. The van der Waals surface area contributed by atoms with Crippen LogP contribution in [0.15, 0.2) is 53.6 Å². The Hall–Kier alpha value is -2.40. The van der Waals surface area contributed by atoms with Gasteiger partial charge in [0.05, 0.1) is 12.8 Å². The van der Waals surface area contributed by atoms with Crippen LogP contribution in [0.3, 0.4) is 0 Å². The van der Waals surface area contributed by atoms with Crippen LogP contribution < -0.4 is 15.5 Å². The van der Waals surface area contributed by atoms with E-state index in [9.17, 15) is 0 Å². The van der Waals surface area contributed by atoms with Gasteiger partial charge >= 0.3 is 0 Å². The summed E-state index contributed by atoms with van der Waals surface area (Å²) in [6.45, 7) is 4.65. The van der Waals surface area contributed by atoms with Gasteiger partial charge in [0, 0.05) is 5.69 Å². The van der Waals surface area contributed by atoms with E-state index < -0.39 is 0 Å². The second-order valence-corrected chi connectivity index (χ2v) is 5.10. The molecule has 4 nitrogen and oxygen atoms in total. The number of hydrogen-bond donors (Lipinski definition) is 2. The molecule has 2 rings (SSSR count). The lowest BCUT2D eigenvalue weighted by Gasteiger charge is -2.07. The highest BCUT2D eigenvalue weighted by molar-refractivity contribution is 7.80. The van der Waals surface area contributed by atoms with Gasteiger partial charge < -0.3 is 10.1 Å². The van der Waals surface area contributed by atoms with Crippen molar-refractivity contribution in [2.45, 2.75) is 13.8 Å². The van der Waals surface area contributed by atoms with Crippen molar-refractivity contribution in [1.29, 1.82) is 0 Å². The Morgan fingerprint density at radius 3 is 2.68 bits per heavy atom. The molecule has 0 radical (unpaired) electrons. The van der Waals surface area contributed by atoms with Gasteiger partial charge in [0.1, 0.15) is 5.75 Å². The van der Waals surface area contributed by atoms with Crippen LogP contribution in [0.5, 0.6) is 5.75 Å². The van der Waals surface area contributed by atoms with Crippen molar-refractivity contribution in [2.75, 3.05) is 11.9 Å². The Morgan fingerprint density at radius 1 is 1.23 bits per heavy atom. The number of rotatable bonds is 5. The molecule has 0 saturated heterocycles. The predicted octanol–water partition coefficient (Wildman–Crippen LogP) is 3.71. The third-order valence-electron chi connectivity index (χ3n) is 2.85. The molecular formula is C17H19N3OS. The minimum Gasteiger partial charge on any atom is -0.494 e. The Labute approximate surface area is 136 Å². The van der Waals surface area contributed by atoms with E-state index in [1.54, 1.807) is 6.21 Å². The van der Waals surface area contributed by atoms with E-state index in [4.69, 9.17) is 17.0 Å². The Kier molecular flexibility index (Phi) is 5.91. The molecule has 0 aliphatic carbocycles. The molecule has 5 heteroatoms. The largest absolute Gasteiger partial charge is 0.494 e. The fourth-order valence-corrected chi connectivity index (χ4v) is 2.03. The highest BCUT2D eigenvalue weighted by atomic mass is 32.1. The Morgan fingerprint density at radius 2 is 2.00 bits per heavy atom. The van der Waals surface area contributed by atoms with Crippen molar-refractivity contribution in [3.05, 3.63) is 59.7 Å². The van der Waals surface area contributed by atoms with Crippen molar-refractivity contribution in [2.24, 2.45) is 5.10 Å². The molecule has 0 amide bonds. The minimum absolute atomic E-state index is 0.452. The third-order valence-corrected chi connectivity index (χ3v) is 3.04. The maximum Gasteiger partial charge on any atom is 0.191 e. The lowest BCUT2D eigenvalue weighted by molar-refractivity contribution is 0.340. The van der Waals surface area contributed by atoms with E-state index in [-0.39, 0.29) is 0 Å². The quantitative estimate of drug-likeness (QED) is 0.502. The smallest absolute Gasteiger partial charge is 0.191 e. The molecule has 114 valence electrons. The van der Waals surface area contributed by atoms with Gasteiger partial charge in [-0.15, -0.1) is 0 Å². The van der Waals surface area contributed by atoms with E-state index in [0.717, 1.165) is 17.0 Å². The summed E-state index contributed by atoms with van der Waals surface area (Å²) in [4.78, 5) is 0. The van der Waals surface area contributed by atoms with Gasteiger partial charge in [-0.05, 0) is 73.6 Å². The minimum atomic E-state index is 0.452. The van der Waals surface area contributed by atoms with Crippen molar-refractivity contribution >= 4 is 29.2 Å². The normalized spacial score (nSPS) is 10.5. The zero-order chi connectivity index (χ0) is 15.8. The molecular weight excluding hydrogens is 294 g/mol. The van der Waals surface area contributed by atoms with Crippen LogP contribution in [-0.2, 0) is 0 Å². The van der Waals surface area contributed by atoms with E-state index in [1.807, 2.05) is 62.4 Å². The van der Waals surface area contributed by atoms with E-state index in [0.29, 0.717) is 11.7 Å². The Balaban J connectivity index is 1.85. The third kappa shape index (κ3) is 5.18. The first-order valence-corrected chi connectivity index (χ1v) is 7.48. The molecule has 2 aromatic rings. The summed E-state index contributed by atoms with van der Waals surface area (Å²) in [5, 5.41) is 7.65. The van der Waals surface area contributed by atoms with Gasteiger partial charge in [0.2, 0.25) is 0 Å². The summed E-state index contributed by atoms with van der Waals surface area (Å²) in [5.41, 5.74) is 5.87. The number of ether oxygens (including phenoxy) is 1. The van der Waals surface area contributed by atoms with Crippen molar-refractivity contribution in [3.8, 4) is 5.75 Å². The number of anilines is 1. The molecule has 2 N–H and O–H groups in total. The zero-order valence-electron chi connectivity index (χ0n) is 12.7. The fourth-order valence-electron chi connectivity index (χ4n) is 1.86. The number of thiocarbonyl (C=S) groups is 1. The second-order valence-electron chi connectivity index (χ2n) is 4.70. The topological polar surface area (TPSA) is 45.6 Å². The molecule has 0 unspecified atom stereocenters. The van der Waals surface area contributed by atoms with Gasteiger partial charge in [-0.2, -0.15) is 5.10 Å². The van der Waals surface area contributed by atoms with Crippen molar-refractivity contribution in [3.63, 3.8) is 0 Å². The van der Waals surface area contributed by atoms with Gasteiger partial charge in [-0.3, -0.25) is 5.43 Å². The maximum absolute atomic E-state index is 5.39. The van der Waals surface area contributed by atoms with E-state index >= 15 is 0 Å². The molecule has 0 aromatic heterocycles. The SMILES string of the molecule is CCOc1ccc(C=NNC(=S)Nc2cccc(C)c2)cc1. The standard InChI is InChI=1S/C17H19N3OS/c1-3-21-16-9-7-14(8-10-16)12-18-20-17(22)19-15-6-4-5-13(2)11-15/h4-12H,3H2,1-2H3,(H2,19,20,22). The lowest BCUT2D eigenvalue weighted by Crippen LogP contribution is -2.23. The van der Waals surface area contributed by atoms with Gasteiger partial charge in [0.15, 0.2) is 5.11 Å². The number of aryl methyl sites for hydroxylation is 1. The molecule has 2 aromatic carbocycles. The van der Waals surface area contributed by atoms with Crippen LogP contribution in [-0.4, -0.2) is 17.9 Å². The number of benzene rings is 2.